The van der Waals surface area contributed by atoms with E-state index in [4.69, 9.17) is 26.3 Å². The van der Waals surface area contributed by atoms with Gasteiger partial charge in [-0.2, -0.15) is 0 Å². The monoisotopic (exact) mass is 436 g/mol. The molecule has 4 heterocycles. The predicted molar refractivity (Wildman–Crippen MR) is 113 cm³/mol. The highest BCUT2D eigenvalue weighted by molar-refractivity contribution is 7.92. The van der Waals surface area contributed by atoms with E-state index in [0.717, 1.165) is 17.1 Å². The SMILES string of the molecule is Cc1cc(-c2nc(N3CCOC[C@H]3C)cc([C@@]3(C)CCCS3(=O)=O)n2)cc(Cl)n1. The molecule has 2 aromatic heterocycles. The Hall–Kier alpha value is -1.77. The van der Waals surface area contributed by atoms with E-state index >= 15 is 0 Å². The number of hydrogen-bond acceptors (Lipinski definition) is 7. The Bertz CT molecular complexity index is 1030. The number of anilines is 1. The first-order chi connectivity index (χ1) is 13.7. The molecule has 156 valence electrons. The van der Waals surface area contributed by atoms with E-state index in [1.54, 1.807) is 13.0 Å². The van der Waals surface area contributed by atoms with Crippen molar-refractivity contribution in [3.8, 4) is 11.4 Å². The zero-order valence-corrected chi connectivity index (χ0v) is 18.4. The van der Waals surface area contributed by atoms with E-state index < -0.39 is 14.6 Å². The van der Waals surface area contributed by atoms with Gasteiger partial charge in [-0.25, -0.2) is 23.4 Å². The van der Waals surface area contributed by atoms with Crippen LogP contribution in [-0.4, -0.2) is 54.9 Å². The molecule has 29 heavy (non-hydrogen) atoms. The molecule has 0 unspecified atom stereocenters. The third kappa shape index (κ3) is 3.73. The molecule has 2 fully saturated rings. The molecule has 9 heteroatoms. The molecule has 0 aliphatic carbocycles. The highest BCUT2D eigenvalue weighted by atomic mass is 35.5. The molecule has 0 spiro atoms. The molecule has 2 aliphatic rings. The predicted octanol–water partition coefficient (Wildman–Crippen LogP) is 3.15. The second kappa shape index (κ2) is 7.49. The van der Waals surface area contributed by atoms with Crippen molar-refractivity contribution in [2.24, 2.45) is 0 Å². The van der Waals surface area contributed by atoms with Crippen molar-refractivity contribution in [1.29, 1.82) is 0 Å². The van der Waals surface area contributed by atoms with Crippen LogP contribution < -0.4 is 4.90 Å². The molecule has 7 nitrogen and oxygen atoms in total. The number of rotatable bonds is 3. The number of nitrogens with zero attached hydrogens (tertiary/aromatic N) is 4. The third-order valence-electron chi connectivity index (χ3n) is 5.85. The number of pyridine rings is 1. The molecule has 2 saturated heterocycles. The lowest BCUT2D eigenvalue weighted by Crippen LogP contribution is -2.44. The van der Waals surface area contributed by atoms with E-state index in [-0.39, 0.29) is 11.8 Å². The van der Waals surface area contributed by atoms with Crippen LogP contribution in [0.2, 0.25) is 5.15 Å². The molecule has 2 atom stereocenters. The summed E-state index contributed by atoms with van der Waals surface area (Å²) in [5.41, 5.74) is 2.02. The maximum atomic E-state index is 12.9. The average molecular weight is 437 g/mol. The number of hydrogen-bond donors (Lipinski definition) is 0. The van der Waals surface area contributed by atoms with Crippen LogP contribution in [0.15, 0.2) is 18.2 Å². The van der Waals surface area contributed by atoms with Gasteiger partial charge in [-0.15, -0.1) is 0 Å². The quantitative estimate of drug-likeness (QED) is 0.683. The lowest BCUT2D eigenvalue weighted by atomic mass is 10.0. The summed E-state index contributed by atoms with van der Waals surface area (Å²) in [5.74, 6) is 1.37. The van der Waals surface area contributed by atoms with Gasteiger partial charge in [0, 0.05) is 23.9 Å². The first-order valence-electron chi connectivity index (χ1n) is 9.80. The van der Waals surface area contributed by atoms with E-state index in [9.17, 15) is 8.42 Å². The van der Waals surface area contributed by atoms with Crippen LogP contribution in [0.3, 0.4) is 0 Å². The Morgan fingerprint density at radius 3 is 2.69 bits per heavy atom. The number of ether oxygens (including phenoxy) is 1. The van der Waals surface area contributed by atoms with Crippen LogP contribution in [0.25, 0.3) is 11.4 Å². The van der Waals surface area contributed by atoms with Gasteiger partial charge in [-0.05, 0) is 45.7 Å². The van der Waals surface area contributed by atoms with Gasteiger partial charge in [-0.1, -0.05) is 11.6 Å². The van der Waals surface area contributed by atoms with Crippen LogP contribution in [0.4, 0.5) is 5.82 Å². The summed E-state index contributed by atoms with van der Waals surface area (Å²) in [7, 11) is -3.29. The van der Waals surface area contributed by atoms with Crippen LogP contribution in [-0.2, 0) is 19.3 Å². The molecule has 0 amide bonds. The molecule has 2 aromatic rings. The Kier molecular flexibility index (Phi) is 5.29. The van der Waals surface area contributed by atoms with Crippen molar-refractivity contribution < 1.29 is 13.2 Å². The van der Waals surface area contributed by atoms with Gasteiger partial charge in [0.1, 0.15) is 15.7 Å². The molecule has 0 bridgehead atoms. The smallest absolute Gasteiger partial charge is 0.161 e. The number of morpholine rings is 1. The summed E-state index contributed by atoms with van der Waals surface area (Å²) < 4.78 is 30.3. The molecule has 2 aliphatic heterocycles. The number of halogens is 1. The second-order valence-electron chi connectivity index (χ2n) is 8.03. The fraction of sp³-hybridized carbons (Fsp3) is 0.550. The van der Waals surface area contributed by atoms with E-state index in [2.05, 4.69) is 16.8 Å². The van der Waals surface area contributed by atoms with Gasteiger partial charge < -0.3 is 9.64 Å². The molecule has 4 rings (SSSR count). The van der Waals surface area contributed by atoms with Gasteiger partial charge in [-0.3, -0.25) is 0 Å². The van der Waals surface area contributed by atoms with Gasteiger partial charge in [0.15, 0.2) is 15.7 Å². The van der Waals surface area contributed by atoms with Crippen LogP contribution in [0.5, 0.6) is 0 Å². The highest BCUT2D eigenvalue weighted by Crippen LogP contribution is 2.42. The summed E-state index contributed by atoms with van der Waals surface area (Å²) in [6.07, 6.45) is 1.20. The summed E-state index contributed by atoms with van der Waals surface area (Å²) in [5, 5.41) is 0.356. The first-order valence-corrected chi connectivity index (χ1v) is 11.8. The lowest BCUT2D eigenvalue weighted by Gasteiger charge is -2.35. The van der Waals surface area contributed by atoms with Gasteiger partial charge in [0.2, 0.25) is 0 Å². The standard InChI is InChI=1S/C20H25ClN4O3S/c1-13-9-15(10-17(21)22-13)19-23-16(20(3)5-4-8-29(20,26)27)11-18(24-19)25-6-7-28-12-14(25)2/h9-11,14H,4-8,12H2,1-3H3/t14-,20-/m1/s1. The zero-order chi connectivity index (χ0) is 20.8. The number of sulfone groups is 1. The van der Waals surface area contributed by atoms with Gasteiger partial charge in [0.05, 0.1) is 30.7 Å². The van der Waals surface area contributed by atoms with Crippen LogP contribution >= 0.6 is 11.6 Å². The Balaban J connectivity index is 1.90. The summed E-state index contributed by atoms with van der Waals surface area (Å²) in [4.78, 5) is 15.9. The Morgan fingerprint density at radius 2 is 2.03 bits per heavy atom. The first kappa shape index (κ1) is 20.5. The fourth-order valence-electron chi connectivity index (χ4n) is 4.07. The lowest BCUT2D eigenvalue weighted by molar-refractivity contribution is 0.0985. The van der Waals surface area contributed by atoms with Gasteiger partial charge in [0.25, 0.3) is 0 Å². The Labute approximate surface area is 176 Å². The van der Waals surface area contributed by atoms with Crippen molar-refractivity contribution in [2.45, 2.75) is 44.4 Å². The average Bonchev–Trinajstić information content (AvgIpc) is 2.94. The minimum absolute atomic E-state index is 0.134. The number of aromatic nitrogens is 3. The van der Waals surface area contributed by atoms with Crippen molar-refractivity contribution in [1.82, 2.24) is 15.0 Å². The van der Waals surface area contributed by atoms with E-state index in [0.29, 0.717) is 49.3 Å². The summed E-state index contributed by atoms with van der Waals surface area (Å²) in [6.45, 7) is 7.60. The topological polar surface area (TPSA) is 85.3 Å². The van der Waals surface area contributed by atoms with Crippen molar-refractivity contribution in [2.75, 3.05) is 30.4 Å². The van der Waals surface area contributed by atoms with Crippen molar-refractivity contribution in [3.05, 3.63) is 34.7 Å². The maximum absolute atomic E-state index is 12.9. The van der Waals surface area contributed by atoms with Crippen molar-refractivity contribution in [3.63, 3.8) is 0 Å². The Morgan fingerprint density at radius 1 is 1.24 bits per heavy atom. The largest absolute Gasteiger partial charge is 0.377 e. The third-order valence-corrected chi connectivity index (χ3v) is 8.66. The zero-order valence-electron chi connectivity index (χ0n) is 16.9. The summed E-state index contributed by atoms with van der Waals surface area (Å²) >= 11 is 6.16. The molecule has 0 radical (unpaired) electrons. The van der Waals surface area contributed by atoms with Crippen LogP contribution in [0.1, 0.15) is 38.1 Å². The fourth-order valence-corrected chi connectivity index (χ4v) is 6.18. The normalized spacial score (nSPS) is 26.6. The molecule has 0 aromatic carbocycles. The minimum Gasteiger partial charge on any atom is -0.377 e. The molecule has 0 N–H and O–H groups in total. The summed E-state index contributed by atoms with van der Waals surface area (Å²) in [6, 6.07) is 5.55. The second-order valence-corrected chi connectivity index (χ2v) is 11.0. The van der Waals surface area contributed by atoms with Crippen molar-refractivity contribution >= 4 is 27.3 Å². The molecular weight excluding hydrogens is 412 g/mol. The van der Waals surface area contributed by atoms with E-state index in [1.165, 1.54) is 0 Å². The highest BCUT2D eigenvalue weighted by Gasteiger charge is 2.46. The molecular formula is C20H25ClN4O3S. The van der Waals surface area contributed by atoms with E-state index in [1.807, 2.05) is 19.1 Å². The van der Waals surface area contributed by atoms with Crippen LogP contribution in [0, 0.1) is 6.92 Å². The number of aryl methyl sites for hydroxylation is 1. The maximum Gasteiger partial charge on any atom is 0.161 e. The van der Waals surface area contributed by atoms with Gasteiger partial charge >= 0.3 is 0 Å². The minimum atomic E-state index is -3.29. The molecule has 0 saturated carbocycles.